The molecule has 0 saturated heterocycles. The Bertz CT molecular complexity index is 638. The molecule has 2 aromatic rings. The Morgan fingerprint density at radius 3 is 2.62 bits per heavy atom. The Kier molecular flexibility index (Phi) is 3.91. The standard InChI is InChI=1S/C18H20N2O/c1-19-13-5-8-17(19)14-20(16-10-11-16)18(21)12-9-15-6-3-2-4-7-15/h2-9,12-13,16H,10-11,14H2,1H3/b12-9+. The first-order chi connectivity index (χ1) is 10.2. The summed E-state index contributed by atoms with van der Waals surface area (Å²) in [6.45, 7) is 0.687. The summed E-state index contributed by atoms with van der Waals surface area (Å²) in [7, 11) is 2.02. The molecular formula is C18H20N2O. The van der Waals surface area contributed by atoms with E-state index in [2.05, 4.69) is 10.6 Å². The molecule has 3 rings (SSSR count). The van der Waals surface area contributed by atoms with E-state index in [9.17, 15) is 4.79 Å². The molecule has 0 N–H and O–H groups in total. The summed E-state index contributed by atoms with van der Waals surface area (Å²) in [5.74, 6) is 0.0996. The Morgan fingerprint density at radius 2 is 2.00 bits per heavy atom. The highest BCUT2D eigenvalue weighted by Gasteiger charge is 2.31. The van der Waals surface area contributed by atoms with E-state index in [0.29, 0.717) is 12.6 Å². The molecule has 3 heteroatoms. The van der Waals surface area contributed by atoms with Crippen LogP contribution in [0.3, 0.4) is 0 Å². The van der Waals surface area contributed by atoms with Gasteiger partial charge in [-0.15, -0.1) is 0 Å². The second-order valence-electron chi connectivity index (χ2n) is 5.55. The summed E-state index contributed by atoms with van der Waals surface area (Å²) in [6.07, 6.45) is 7.84. The molecule has 1 heterocycles. The largest absolute Gasteiger partial charge is 0.353 e. The molecule has 1 fully saturated rings. The van der Waals surface area contributed by atoms with Crippen LogP contribution in [0, 0.1) is 0 Å². The van der Waals surface area contributed by atoms with E-state index in [1.165, 1.54) is 5.69 Å². The van der Waals surface area contributed by atoms with Gasteiger partial charge in [-0.1, -0.05) is 30.3 Å². The number of hydrogen-bond donors (Lipinski definition) is 0. The van der Waals surface area contributed by atoms with Crippen molar-refractivity contribution in [3.8, 4) is 0 Å². The Balaban J connectivity index is 1.71. The molecule has 108 valence electrons. The molecule has 0 aliphatic heterocycles. The highest BCUT2D eigenvalue weighted by molar-refractivity contribution is 5.92. The smallest absolute Gasteiger partial charge is 0.247 e. The molecule has 1 aliphatic carbocycles. The molecule has 1 aromatic carbocycles. The zero-order valence-corrected chi connectivity index (χ0v) is 12.3. The quantitative estimate of drug-likeness (QED) is 0.772. The van der Waals surface area contributed by atoms with Gasteiger partial charge in [0.15, 0.2) is 0 Å². The van der Waals surface area contributed by atoms with Crippen LogP contribution in [0.1, 0.15) is 24.1 Å². The van der Waals surface area contributed by atoms with Crippen LogP contribution in [0.2, 0.25) is 0 Å². The van der Waals surface area contributed by atoms with Gasteiger partial charge in [-0.3, -0.25) is 4.79 Å². The lowest BCUT2D eigenvalue weighted by molar-refractivity contribution is -0.127. The number of aromatic nitrogens is 1. The molecule has 3 nitrogen and oxygen atoms in total. The lowest BCUT2D eigenvalue weighted by Crippen LogP contribution is -2.31. The number of carbonyl (C=O) groups is 1. The average Bonchev–Trinajstić information content (AvgIpc) is 3.27. The van der Waals surface area contributed by atoms with Crippen molar-refractivity contribution >= 4 is 12.0 Å². The maximum atomic E-state index is 12.5. The van der Waals surface area contributed by atoms with Crippen LogP contribution in [-0.4, -0.2) is 21.4 Å². The van der Waals surface area contributed by atoms with Crippen molar-refractivity contribution in [1.29, 1.82) is 0 Å². The fourth-order valence-corrected chi connectivity index (χ4v) is 2.44. The number of rotatable bonds is 5. The van der Waals surface area contributed by atoms with Crippen LogP contribution in [0.5, 0.6) is 0 Å². The SMILES string of the molecule is Cn1cccc1CN(C(=O)/C=C/c1ccccc1)C1CC1. The second kappa shape index (κ2) is 6.00. The van der Waals surface area contributed by atoms with Gasteiger partial charge in [-0.25, -0.2) is 0 Å². The number of hydrogen-bond acceptors (Lipinski definition) is 1. The molecule has 1 amide bonds. The highest BCUT2D eigenvalue weighted by atomic mass is 16.2. The minimum atomic E-state index is 0.0996. The number of benzene rings is 1. The van der Waals surface area contributed by atoms with E-state index in [4.69, 9.17) is 0 Å². The molecular weight excluding hydrogens is 260 g/mol. The topological polar surface area (TPSA) is 25.2 Å². The molecule has 0 unspecified atom stereocenters. The van der Waals surface area contributed by atoms with Gasteiger partial charge in [0.1, 0.15) is 0 Å². The zero-order valence-electron chi connectivity index (χ0n) is 12.3. The van der Waals surface area contributed by atoms with Crippen LogP contribution in [0.15, 0.2) is 54.7 Å². The number of carbonyl (C=O) groups excluding carboxylic acids is 1. The molecule has 1 saturated carbocycles. The predicted octanol–water partition coefficient (Wildman–Crippen LogP) is 3.23. The third-order valence-electron chi connectivity index (χ3n) is 3.87. The Hall–Kier alpha value is -2.29. The van der Waals surface area contributed by atoms with Gasteiger partial charge in [-0.2, -0.15) is 0 Å². The maximum Gasteiger partial charge on any atom is 0.247 e. The average molecular weight is 280 g/mol. The van der Waals surface area contributed by atoms with E-state index in [0.717, 1.165) is 18.4 Å². The molecule has 1 aliphatic rings. The van der Waals surface area contributed by atoms with Gasteiger partial charge < -0.3 is 9.47 Å². The molecule has 21 heavy (non-hydrogen) atoms. The monoisotopic (exact) mass is 280 g/mol. The van der Waals surface area contributed by atoms with Gasteiger partial charge in [0, 0.05) is 31.1 Å². The van der Waals surface area contributed by atoms with Gasteiger partial charge in [0.05, 0.1) is 6.54 Å². The van der Waals surface area contributed by atoms with E-state index < -0.39 is 0 Å². The third kappa shape index (κ3) is 3.43. The van der Waals surface area contributed by atoms with Gasteiger partial charge in [0.2, 0.25) is 5.91 Å². The Labute approximate surface area is 125 Å². The summed E-state index contributed by atoms with van der Waals surface area (Å²) >= 11 is 0. The van der Waals surface area contributed by atoms with E-state index in [-0.39, 0.29) is 5.91 Å². The number of amides is 1. The van der Waals surface area contributed by atoms with Gasteiger partial charge in [0.25, 0.3) is 0 Å². The molecule has 0 spiro atoms. The normalized spacial score (nSPS) is 14.5. The second-order valence-corrected chi connectivity index (χ2v) is 5.55. The summed E-state index contributed by atoms with van der Waals surface area (Å²) in [4.78, 5) is 14.4. The Morgan fingerprint density at radius 1 is 1.24 bits per heavy atom. The van der Waals surface area contributed by atoms with Crippen LogP contribution in [0.4, 0.5) is 0 Å². The lowest BCUT2D eigenvalue weighted by atomic mass is 10.2. The van der Waals surface area contributed by atoms with Crippen molar-refractivity contribution in [3.63, 3.8) is 0 Å². The van der Waals surface area contributed by atoms with E-state index in [1.54, 1.807) is 6.08 Å². The van der Waals surface area contributed by atoms with Crippen molar-refractivity contribution in [2.75, 3.05) is 0 Å². The van der Waals surface area contributed by atoms with Crippen molar-refractivity contribution in [3.05, 3.63) is 66.0 Å². The summed E-state index contributed by atoms with van der Waals surface area (Å²) < 4.78 is 2.07. The van der Waals surface area contributed by atoms with E-state index in [1.807, 2.05) is 60.6 Å². The van der Waals surface area contributed by atoms with Gasteiger partial charge >= 0.3 is 0 Å². The first-order valence-electron chi connectivity index (χ1n) is 7.38. The van der Waals surface area contributed by atoms with Crippen molar-refractivity contribution in [2.45, 2.75) is 25.4 Å². The maximum absolute atomic E-state index is 12.5. The zero-order chi connectivity index (χ0) is 14.7. The fraction of sp³-hybridized carbons (Fsp3) is 0.278. The molecule has 0 atom stereocenters. The van der Waals surface area contributed by atoms with Crippen LogP contribution < -0.4 is 0 Å². The van der Waals surface area contributed by atoms with Crippen molar-refractivity contribution < 1.29 is 4.79 Å². The summed E-state index contributed by atoms with van der Waals surface area (Å²) in [6, 6.07) is 14.4. The van der Waals surface area contributed by atoms with E-state index >= 15 is 0 Å². The third-order valence-corrected chi connectivity index (χ3v) is 3.87. The first-order valence-corrected chi connectivity index (χ1v) is 7.38. The minimum Gasteiger partial charge on any atom is -0.353 e. The van der Waals surface area contributed by atoms with Crippen molar-refractivity contribution in [2.24, 2.45) is 7.05 Å². The summed E-state index contributed by atoms with van der Waals surface area (Å²) in [5.41, 5.74) is 2.23. The van der Waals surface area contributed by atoms with Crippen LogP contribution in [-0.2, 0) is 18.4 Å². The fourth-order valence-electron chi connectivity index (χ4n) is 2.44. The minimum absolute atomic E-state index is 0.0996. The molecule has 0 radical (unpaired) electrons. The molecule has 0 bridgehead atoms. The van der Waals surface area contributed by atoms with Crippen LogP contribution >= 0.6 is 0 Å². The van der Waals surface area contributed by atoms with Gasteiger partial charge in [-0.05, 0) is 36.6 Å². The number of nitrogens with zero attached hydrogens (tertiary/aromatic N) is 2. The first kappa shape index (κ1) is 13.7. The highest BCUT2D eigenvalue weighted by Crippen LogP contribution is 2.28. The van der Waals surface area contributed by atoms with Crippen LogP contribution in [0.25, 0.3) is 6.08 Å². The number of aryl methyl sites for hydroxylation is 1. The molecule has 1 aromatic heterocycles. The lowest BCUT2D eigenvalue weighted by Gasteiger charge is -2.21. The van der Waals surface area contributed by atoms with Crippen molar-refractivity contribution in [1.82, 2.24) is 9.47 Å². The predicted molar refractivity (Wildman–Crippen MR) is 84.5 cm³/mol. The summed E-state index contributed by atoms with van der Waals surface area (Å²) in [5, 5.41) is 0.